The molecular formula is C17H12FNO. The van der Waals surface area contributed by atoms with E-state index in [9.17, 15) is 9.18 Å². The smallest absolute Gasteiger partial charge is 0.168 e. The van der Waals surface area contributed by atoms with Crippen LogP contribution in [0.15, 0.2) is 60.7 Å². The summed E-state index contributed by atoms with van der Waals surface area (Å²) in [5, 5.41) is 1.04. The first kappa shape index (κ1) is 12.5. The van der Waals surface area contributed by atoms with Crippen LogP contribution < -0.4 is 0 Å². The molecule has 3 rings (SSSR count). The standard InChI is InChI=1S/C17H12FNO/c18-14-6-3-5-13(10-14)17(20)11-15-9-8-12-4-1-2-7-16(12)19-15/h1-10H,11H2. The van der Waals surface area contributed by atoms with Gasteiger partial charge in [0.1, 0.15) is 5.82 Å². The quantitative estimate of drug-likeness (QED) is 0.674. The summed E-state index contributed by atoms with van der Waals surface area (Å²) >= 11 is 0. The van der Waals surface area contributed by atoms with Crippen LogP contribution in [0.1, 0.15) is 16.1 Å². The van der Waals surface area contributed by atoms with Gasteiger partial charge in [0.25, 0.3) is 0 Å². The molecule has 0 saturated carbocycles. The Morgan fingerprint density at radius 1 is 1.00 bits per heavy atom. The van der Waals surface area contributed by atoms with E-state index >= 15 is 0 Å². The predicted molar refractivity (Wildman–Crippen MR) is 76.2 cm³/mol. The monoisotopic (exact) mass is 265 g/mol. The lowest BCUT2D eigenvalue weighted by Crippen LogP contribution is -2.05. The molecule has 1 heterocycles. The van der Waals surface area contributed by atoms with E-state index in [2.05, 4.69) is 4.98 Å². The Morgan fingerprint density at radius 3 is 2.70 bits per heavy atom. The fourth-order valence-electron chi connectivity index (χ4n) is 2.14. The molecule has 3 aromatic rings. The molecule has 0 spiro atoms. The van der Waals surface area contributed by atoms with Crippen LogP contribution in [0.3, 0.4) is 0 Å². The molecule has 20 heavy (non-hydrogen) atoms. The van der Waals surface area contributed by atoms with Crippen molar-refractivity contribution in [1.82, 2.24) is 4.98 Å². The van der Waals surface area contributed by atoms with Crippen molar-refractivity contribution in [2.75, 3.05) is 0 Å². The minimum absolute atomic E-state index is 0.132. The number of fused-ring (bicyclic) bond motifs is 1. The van der Waals surface area contributed by atoms with E-state index in [4.69, 9.17) is 0 Å². The van der Waals surface area contributed by atoms with Crippen molar-refractivity contribution in [3.8, 4) is 0 Å². The SMILES string of the molecule is O=C(Cc1ccc2ccccc2n1)c1cccc(F)c1. The van der Waals surface area contributed by atoms with Crippen LogP contribution in [0.4, 0.5) is 4.39 Å². The highest BCUT2D eigenvalue weighted by Gasteiger charge is 2.09. The molecule has 0 unspecified atom stereocenters. The number of benzene rings is 2. The molecule has 0 aliphatic heterocycles. The first-order chi connectivity index (χ1) is 9.72. The van der Waals surface area contributed by atoms with Gasteiger partial charge in [0, 0.05) is 16.6 Å². The average Bonchev–Trinajstić information content (AvgIpc) is 2.47. The Morgan fingerprint density at radius 2 is 1.85 bits per heavy atom. The number of para-hydroxylation sites is 1. The van der Waals surface area contributed by atoms with Crippen LogP contribution in [-0.2, 0) is 6.42 Å². The van der Waals surface area contributed by atoms with E-state index in [-0.39, 0.29) is 12.2 Å². The zero-order valence-corrected chi connectivity index (χ0v) is 10.7. The molecule has 0 N–H and O–H groups in total. The zero-order valence-electron chi connectivity index (χ0n) is 10.7. The van der Waals surface area contributed by atoms with Crippen LogP contribution in [0.2, 0.25) is 0 Å². The summed E-state index contributed by atoms with van der Waals surface area (Å²) in [6.45, 7) is 0. The fourth-order valence-corrected chi connectivity index (χ4v) is 2.14. The third-order valence-electron chi connectivity index (χ3n) is 3.14. The minimum Gasteiger partial charge on any atom is -0.294 e. The summed E-state index contributed by atoms with van der Waals surface area (Å²) in [6.07, 6.45) is 0.175. The summed E-state index contributed by atoms with van der Waals surface area (Å²) in [6, 6.07) is 17.2. The van der Waals surface area contributed by atoms with Gasteiger partial charge in [-0.1, -0.05) is 36.4 Å². The van der Waals surface area contributed by atoms with Gasteiger partial charge in [0.2, 0.25) is 0 Å². The minimum atomic E-state index is -0.401. The summed E-state index contributed by atoms with van der Waals surface area (Å²) < 4.78 is 13.1. The van der Waals surface area contributed by atoms with Crippen LogP contribution in [0.25, 0.3) is 10.9 Å². The highest BCUT2D eigenvalue weighted by molar-refractivity contribution is 5.97. The normalized spacial score (nSPS) is 10.7. The maximum absolute atomic E-state index is 13.1. The van der Waals surface area contributed by atoms with E-state index in [0.717, 1.165) is 10.9 Å². The van der Waals surface area contributed by atoms with Crippen molar-refractivity contribution in [1.29, 1.82) is 0 Å². The van der Waals surface area contributed by atoms with Gasteiger partial charge < -0.3 is 0 Å². The van der Waals surface area contributed by atoms with E-state index in [1.165, 1.54) is 18.2 Å². The Hall–Kier alpha value is -2.55. The number of carbonyl (C=O) groups is 1. The van der Waals surface area contributed by atoms with Crippen molar-refractivity contribution < 1.29 is 9.18 Å². The summed E-state index contributed by atoms with van der Waals surface area (Å²) in [5.74, 6) is -0.533. The average molecular weight is 265 g/mol. The van der Waals surface area contributed by atoms with Gasteiger partial charge in [-0.25, -0.2) is 4.39 Å². The number of nitrogens with zero attached hydrogens (tertiary/aromatic N) is 1. The second-order valence-electron chi connectivity index (χ2n) is 4.61. The van der Waals surface area contributed by atoms with Crippen molar-refractivity contribution in [2.45, 2.75) is 6.42 Å². The molecule has 3 heteroatoms. The number of pyridine rings is 1. The number of ketones is 1. The summed E-state index contributed by atoms with van der Waals surface area (Å²) in [4.78, 5) is 16.5. The van der Waals surface area contributed by atoms with E-state index < -0.39 is 5.82 Å². The lowest BCUT2D eigenvalue weighted by Gasteiger charge is -2.03. The lowest BCUT2D eigenvalue weighted by molar-refractivity contribution is 0.0991. The molecule has 0 radical (unpaired) electrons. The third kappa shape index (κ3) is 2.57. The largest absolute Gasteiger partial charge is 0.294 e. The Kier molecular flexibility index (Phi) is 3.25. The van der Waals surface area contributed by atoms with Crippen molar-refractivity contribution >= 4 is 16.7 Å². The first-order valence-corrected chi connectivity index (χ1v) is 6.36. The number of hydrogen-bond donors (Lipinski definition) is 0. The Labute approximate surface area is 115 Å². The van der Waals surface area contributed by atoms with Crippen molar-refractivity contribution in [2.24, 2.45) is 0 Å². The van der Waals surface area contributed by atoms with Gasteiger partial charge in [0.05, 0.1) is 11.9 Å². The van der Waals surface area contributed by atoms with Crippen LogP contribution in [0, 0.1) is 5.82 Å². The third-order valence-corrected chi connectivity index (χ3v) is 3.14. The molecule has 0 bridgehead atoms. The predicted octanol–water partition coefficient (Wildman–Crippen LogP) is 3.80. The van der Waals surface area contributed by atoms with Crippen molar-refractivity contribution in [3.05, 3.63) is 77.7 Å². The van der Waals surface area contributed by atoms with E-state index in [1.807, 2.05) is 36.4 Å². The van der Waals surface area contributed by atoms with Gasteiger partial charge in [-0.15, -0.1) is 0 Å². The van der Waals surface area contributed by atoms with E-state index in [1.54, 1.807) is 6.07 Å². The molecule has 2 aromatic carbocycles. The number of rotatable bonds is 3. The van der Waals surface area contributed by atoms with Gasteiger partial charge >= 0.3 is 0 Å². The molecule has 0 fully saturated rings. The first-order valence-electron chi connectivity index (χ1n) is 6.36. The topological polar surface area (TPSA) is 30.0 Å². The molecule has 0 aliphatic rings. The van der Waals surface area contributed by atoms with Crippen LogP contribution in [-0.4, -0.2) is 10.8 Å². The number of Topliss-reactive ketones (excluding diaryl/α,β-unsaturated/α-hetero) is 1. The highest BCUT2D eigenvalue weighted by Crippen LogP contribution is 2.14. The summed E-state index contributed by atoms with van der Waals surface area (Å²) in [7, 11) is 0. The molecule has 2 nitrogen and oxygen atoms in total. The maximum atomic E-state index is 13.1. The Balaban J connectivity index is 1.87. The number of carbonyl (C=O) groups excluding carboxylic acids is 1. The van der Waals surface area contributed by atoms with Gasteiger partial charge in [-0.2, -0.15) is 0 Å². The number of hydrogen-bond acceptors (Lipinski definition) is 2. The molecule has 0 amide bonds. The number of halogens is 1. The summed E-state index contributed by atoms with van der Waals surface area (Å²) in [5.41, 5.74) is 1.93. The second kappa shape index (κ2) is 5.21. The van der Waals surface area contributed by atoms with Crippen LogP contribution >= 0.6 is 0 Å². The van der Waals surface area contributed by atoms with Crippen molar-refractivity contribution in [3.63, 3.8) is 0 Å². The fraction of sp³-hybridized carbons (Fsp3) is 0.0588. The highest BCUT2D eigenvalue weighted by atomic mass is 19.1. The zero-order chi connectivity index (χ0) is 13.9. The molecular weight excluding hydrogens is 253 g/mol. The maximum Gasteiger partial charge on any atom is 0.168 e. The van der Waals surface area contributed by atoms with Gasteiger partial charge in [-0.3, -0.25) is 9.78 Å². The molecule has 0 aliphatic carbocycles. The van der Waals surface area contributed by atoms with Gasteiger partial charge in [-0.05, 0) is 24.3 Å². The second-order valence-corrected chi connectivity index (χ2v) is 4.61. The molecule has 98 valence electrons. The molecule has 1 aromatic heterocycles. The molecule has 0 saturated heterocycles. The van der Waals surface area contributed by atoms with E-state index in [0.29, 0.717) is 11.3 Å². The number of aromatic nitrogens is 1. The Bertz CT molecular complexity index is 783. The van der Waals surface area contributed by atoms with Crippen LogP contribution in [0.5, 0.6) is 0 Å². The lowest BCUT2D eigenvalue weighted by atomic mass is 10.1. The molecule has 0 atom stereocenters. The van der Waals surface area contributed by atoms with Gasteiger partial charge in [0.15, 0.2) is 5.78 Å².